The van der Waals surface area contributed by atoms with Crippen molar-refractivity contribution in [3.05, 3.63) is 70.3 Å². The van der Waals surface area contributed by atoms with Gasteiger partial charge in [0.1, 0.15) is 0 Å². The number of fused-ring (bicyclic) bond motifs is 1. The van der Waals surface area contributed by atoms with Crippen molar-refractivity contribution in [2.45, 2.75) is 32.9 Å². The average Bonchev–Trinajstić information content (AvgIpc) is 2.54. The van der Waals surface area contributed by atoms with Gasteiger partial charge < -0.3 is 0 Å². The Labute approximate surface area is 126 Å². The number of rotatable bonds is 3. The van der Waals surface area contributed by atoms with Gasteiger partial charge >= 0.3 is 0 Å². The summed E-state index contributed by atoms with van der Waals surface area (Å²) in [6.45, 7) is 5.15. The Bertz CT molecular complexity index is 682. The molecule has 0 saturated heterocycles. The third kappa shape index (κ3) is 2.84. The van der Waals surface area contributed by atoms with Gasteiger partial charge in [0.25, 0.3) is 0 Å². The van der Waals surface area contributed by atoms with Gasteiger partial charge in [-0.05, 0) is 41.2 Å². The topological polar surface area (TPSA) is 27.0 Å². The molecule has 0 atom stereocenters. The van der Waals surface area contributed by atoms with Gasteiger partial charge in [0.2, 0.25) is 0 Å². The standard InChI is InChI=1S/C19H20N2/c1-2-15-8-5-9-18-14-21(11-10-19(15)18)13-17-7-4-3-6-16(17)12-20/h3-9H,2,10-11,13-14H2,1H3. The predicted molar refractivity (Wildman–Crippen MR) is 84.8 cm³/mol. The van der Waals surface area contributed by atoms with Crippen molar-refractivity contribution in [1.29, 1.82) is 5.26 Å². The van der Waals surface area contributed by atoms with E-state index in [2.05, 4.69) is 42.2 Å². The van der Waals surface area contributed by atoms with E-state index in [1.54, 1.807) is 5.56 Å². The van der Waals surface area contributed by atoms with Crippen molar-refractivity contribution < 1.29 is 0 Å². The lowest BCUT2D eigenvalue weighted by Gasteiger charge is -2.30. The van der Waals surface area contributed by atoms with Crippen LogP contribution in [0.2, 0.25) is 0 Å². The van der Waals surface area contributed by atoms with E-state index in [1.165, 1.54) is 11.1 Å². The summed E-state index contributed by atoms with van der Waals surface area (Å²) in [5.74, 6) is 0. The van der Waals surface area contributed by atoms with E-state index in [9.17, 15) is 5.26 Å². The van der Waals surface area contributed by atoms with Gasteiger partial charge in [-0.15, -0.1) is 0 Å². The lowest BCUT2D eigenvalue weighted by molar-refractivity contribution is 0.245. The third-order valence-electron chi connectivity index (χ3n) is 4.35. The second-order valence-electron chi connectivity index (χ2n) is 5.64. The summed E-state index contributed by atoms with van der Waals surface area (Å²) in [5.41, 5.74) is 6.42. The summed E-state index contributed by atoms with van der Waals surface area (Å²) >= 11 is 0. The molecule has 1 heterocycles. The van der Waals surface area contributed by atoms with E-state index in [1.807, 2.05) is 18.2 Å². The maximum Gasteiger partial charge on any atom is 0.0995 e. The summed E-state index contributed by atoms with van der Waals surface area (Å²) in [6, 6.07) is 16.9. The molecule has 0 aromatic heterocycles. The van der Waals surface area contributed by atoms with Crippen LogP contribution in [0.15, 0.2) is 42.5 Å². The van der Waals surface area contributed by atoms with Crippen LogP contribution in [0.5, 0.6) is 0 Å². The van der Waals surface area contributed by atoms with Gasteiger partial charge in [0, 0.05) is 19.6 Å². The smallest absolute Gasteiger partial charge is 0.0995 e. The molecular weight excluding hydrogens is 256 g/mol. The molecule has 1 aliphatic heterocycles. The fourth-order valence-corrected chi connectivity index (χ4v) is 3.22. The van der Waals surface area contributed by atoms with Crippen LogP contribution in [0, 0.1) is 11.3 Å². The van der Waals surface area contributed by atoms with E-state index < -0.39 is 0 Å². The van der Waals surface area contributed by atoms with Crippen LogP contribution in [0.25, 0.3) is 0 Å². The van der Waals surface area contributed by atoms with Gasteiger partial charge in [-0.1, -0.05) is 43.3 Å². The zero-order chi connectivity index (χ0) is 14.7. The number of nitrogens with zero attached hydrogens (tertiary/aromatic N) is 2. The largest absolute Gasteiger partial charge is 0.294 e. The van der Waals surface area contributed by atoms with E-state index in [-0.39, 0.29) is 0 Å². The maximum atomic E-state index is 9.21. The van der Waals surface area contributed by atoms with Crippen molar-refractivity contribution in [2.24, 2.45) is 0 Å². The maximum absolute atomic E-state index is 9.21. The Hall–Kier alpha value is -2.11. The highest BCUT2D eigenvalue weighted by atomic mass is 15.1. The van der Waals surface area contributed by atoms with E-state index in [4.69, 9.17) is 0 Å². The first-order valence-corrected chi connectivity index (χ1v) is 7.61. The quantitative estimate of drug-likeness (QED) is 0.855. The molecule has 0 bridgehead atoms. The molecule has 1 aliphatic rings. The first kappa shape index (κ1) is 13.9. The monoisotopic (exact) mass is 276 g/mol. The molecule has 2 aromatic carbocycles. The second kappa shape index (κ2) is 6.11. The molecular formula is C19H20N2. The lowest BCUT2D eigenvalue weighted by Crippen LogP contribution is -2.30. The molecule has 0 spiro atoms. The summed E-state index contributed by atoms with van der Waals surface area (Å²) in [7, 11) is 0. The normalized spacial score (nSPS) is 14.5. The first-order chi connectivity index (χ1) is 10.3. The molecule has 3 rings (SSSR count). The van der Waals surface area contributed by atoms with Crippen LogP contribution in [-0.2, 0) is 25.9 Å². The van der Waals surface area contributed by atoms with Crippen LogP contribution >= 0.6 is 0 Å². The number of hydrogen-bond acceptors (Lipinski definition) is 2. The van der Waals surface area contributed by atoms with Crippen molar-refractivity contribution in [3.8, 4) is 6.07 Å². The van der Waals surface area contributed by atoms with Crippen LogP contribution in [0.4, 0.5) is 0 Å². The number of hydrogen-bond donors (Lipinski definition) is 0. The Morgan fingerprint density at radius 2 is 1.90 bits per heavy atom. The zero-order valence-corrected chi connectivity index (χ0v) is 12.5. The van der Waals surface area contributed by atoms with Crippen LogP contribution in [-0.4, -0.2) is 11.4 Å². The molecule has 0 unspecified atom stereocenters. The van der Waals surface area contributed by atoms with Crippen molar-refractivity contribution >= 4 is 0 Å². The third-order valence-corrected chi connectivity index (χ3v) is 4.35. The van der Waals surface area contributed by atoms with Gasteiger partial charge in [0.15, 0.2) is 0 Å². The van der Waals surface area contributed by atoms with Crippen LogP contribution < -0.4 is 0 Å². The lowest BCUT2D eigenvalue weighted by atomic mass is 9.93. The molecule has 0 N–H and O–H groups in total. The molecule has 2 nitrogen and oxygen atoms in total. The van der Waals surface area contributed by atoms with Gasteiger partial charge in [-0.25, -0.2) is 0 Å². The summed E-state index contributed by atoms with van der Waals surface area (Å²) in [5, 5.41) is 9.21. The summed E-state index contributed by atoms with van der Waals surface area (Å²) in [4.78, 5) is 2.44. The summed E-state index contributed by atoms with van der Waals surface area (Å²) in [6.07, 6.45) is 2.23. The Kier molecular flexibility index (Phi) is 4.03. The number of aryl methyl sites for hydroxylation is 1. The number of benzene rings is 2. The van der Waals surface area contributed by atoms with Crippen molar-refractivity contribution in [2.75, 3.05) is 6.54 Å². The van der Waals surface area contributed by atoms with E-state index >= 15 is 0 Å². The van der Waals surface area contributed by atoms with Gasteiger partial charge in [-0.2, -0.15) is 5.26 Å². The zero-order valence-electron chi connectivity index (χ0n) is 12.5. The molecule has 0 aliphatic carbocycles. The van der Waals surface area contributed by atoms with Crippen LogP contribution in [0.3, 0.4) is 0 Å². The molecule has 106 valence electrons. The minimum Gasteiger partial charge on any atom is -0.294 e. The van der Waals surface area contributed by atoms with Gasteiger partial charge in [-0.3, -0.25) is 4.90 Å². The molecule has 0 radical (unpaired) electrons. The molecule has 0 amide bonds. The molecule has 0 saturated carbocycles. The minimum atomic E-state index is 0.797. The minimum absolute atomic E-state index is 0.797. The van der Waals surface area contributed by atoms with E-state index in [0.717, 1.165) is 43.6 Å². The van der Waals surface area contributed by atoms with Gasteiger partial charge in [0.05, 0.1) is 11.6 Å². The summed E-state index contributed by atoms with van der Waals surface area (Å²) < 4.78 is 0. The fourth-order valence-electron chi connectivity index (χ4n) is 3.22. The highest BCUT2D eigenvalue weighted by molar-refractivity contribution is 5.39. The van der Waals surface area contributed by atoms with E-state index in [0.29, 0.717) is 0 Å². The Morgan fingerprint density at radius 1 is 1.10 bits per heavy atom. The number of nitriles is 1. The fraction of sp³-hybridized carbons (Fsp3) is 0.316. The SMILES string of the molecule is CCc1cccc2c1CCN(Cc1ccccc1C#N)C2. The predicted octanol–water partition coefficient (Wildman–Crippen LogP) is 3.68. The molecule has 21 heavy (non-hydrogen) atoms. The highest BCUT2D eigenvalue weighted by Gasteiger charge is 2.18. The average molecular weight is 276 g/mol. The highest BCUT2D eigenvalue weighted by Crippen LogP contribution is 2.24. The Morgan fingerprint density at radius 3 is 2.71 bits per heavy atom. The molecule has 2 heteroatoms. The molecule has 0 fully saturated rings. The van der Waals surface area contributed by atoms with Crippen molar-refractivity contribution in [3.63, 3.8) is 0 Å². The van der Waals surface area contributed by atoms with Crippen molar-refractivity contribution in [1.82, 2.24) is 4.90 Å². The first-order valence-electron chi connectivity index (χ1n) is 7.61. The second-order valence-corrected chi connectivity index (χ2v) is 5.64. The van der Waals surface area contributed by atoms with Crippen LogP contribution in [0.1, 0.15) is 34.7 Å². The Balaban J connectivity index is 1.80. The molecule has 2 aromatic rings.